The van der Waals surface area contributed by atoms with Gasteiger partial charge in [-0.3, -0.25) is 0 Å². The van der Waals surface area contributed by atoms with Crippen molar-refractivity contribution in [3.63, 3.8) is 0 Å². The number of unbranched alkanes of at least 4 members (excludes halogenated alkanes) is 22. The fourth-order valence-electron chi connectivity index (χ4n) is 6.05. The Labute approximate surface area is 270 Å². The molecule has 2 aromatic rings. The van der Waals surface area contributed by atoms with Gasteiger partial charge in [-0.25, -0.2) is 9.59 Å². The van der Waals surface area contributed by atoms with Gasteiger partial charge in [-0.15, -0.1) is 0 Å². The molecule has 0 aliphatic heterocycles. The van der Waals surface area contributed by atoms with E-state index in [9.17, 15) is 9.59 Å². The summed E-state index contributed by atoms with van der Waals surface area (Å²) in [5, 5.41) is 1.48. The number of ether oxygens (including phenoxy) is 2. The van der Waals surface area contributed by atoms with E-state index in [2.05, 4.69) is 13.8 Å². The second-order valence-electron chi connectivity index (χ2n) is 12.8. The molecule has 2 rings (SSSR count). The maximum absolute atomic E-state index is 13.1. The van der Waals surface area contributed by atoms with Gasteiger partial charge in [-0.05, 0) is 30.4 Å². The standard InChI is InChI=1S/C40H64O4/c1-3-5-7-9-11-13-15-16-17-18-20-22-24-26-34-44-40(42)37-32-28-30-35-29-27-31-36(38(35)37)39(41)43-33-25-23-21-19-14-12-10-8-6-4-2/h27-32H,3-26,33-34H2,1-2H3. The first-order valence-corrected chi connectivity index (χ1v) is 18.5. The highest BCUT2D eigenvalue weighted by Crippen LogP contribution is 2.25. The molecule has 0 bridgehead atoms. The summed E-state index contributed by atoms with van der Waals surface area (Å²) in [6, 6.07) is 11.1. The van der Waals surface area contributed by atoms with E-state index in [0.29, 0.717) is 29.7 Å². The summed E-state index contributed by atoms with van der Waals surface area (Å²) >= 11 is 0. The van der Waals surface area contributed by atoms with Crippen LogP contribution < -0.4 is 0 Å². The Morgan fingerprint density at radius 2 is 0.727 bits per heavy atom. The van der Waals surface area contributed by atoms with Gasteiger partial charge in [-0.2, -0.15) is 0 Å². The van der Waals surface area contributed by atoms with E-state index >= 15 is 0 Å². The second-order valence-corrected chi connectivity index (χ2v) is 12.8. The van der Waals surface area contributed by atoms with E-state index < -0.39 is 0 Å². The molecule has 4 nitrogen and oxygen atoms in total. The van der Waals surface area contributed by atoms with Crippen LogP contribution in [0, 0.1) is 0 Å². The summed E-state index contributed by atoms with van der Waals surface area (Å²) in [5.41, 5.74) is 0.887. The average molecular weight is 609 g/mol. The van der Waals surface area contributed by atoms with Crippen LogP contribution >= 0.6 is 0 Å². The number of rotatable bonds is 28. The monoisotopic (exact) mass is 608 g/mol. The van der Waals surface area contributed by atoms with Crippen LogP contribution in [0.2, 0.25) is 0 Å². The molecular formula is C40H64O4. The molecule has 0 fully saturated rings. The zero-order chi connectivity index (χ0) is 31.5. The fraction of sp³-hybridized carbons (Fsp3) is 0.700. The Bertz CT molecular complexity index is 1010. The Kier molecular flexibility index (Phi) is 22.3. The van der Waals surface area contributed by atoms with Crippen molar-refractivity contribution in [3.05, 3.63) is 47.5 Å². The van der Waals surface area contributed by atoms with Crippen molar-refractivity contribution in [2.75, 3.05) is 13.2 Å². The number of carbonyl (C=O) groups excluding carboxylic acids is 2. The zero-order valence-electron chi connectivity index (χ0n) is 28.5. The van der Waals surface area contributed by atoms with Gasteiger partial charge >= 0.3 is 11.9 Å². The molecule has 0 spiro atoms. The van der Waals surface area contributed by atoms with Gasteiger partial charge in [0.05, 0.1) is 24.3 Å². The molecule has 0 aliphatic carbocycles. The molecule has 0 N–H and O–H groups in total. The molecule has 0 saturated heterocycles. The van der Waals surface area contributed by atoms with Crippen LogP contribution in [0.25, 0.3) is 10.8 Å². The van der Waals surface area contributed by atoms with Crippen LogP contribution in [-0.2, 0) is 9.47 Å². The minimum absolute atomic E-state index is 0.361. The van der Waals surface area contributed by atoms with Gasteiger partial charge in [0.25, 0.3) is 0 Å². The van der Waals surface area contributed by atoms with Gasteiger partial charge in [0.1, 0.15) is 0 Å². The number of hydrogen-bond donors (Lipinski definition) is 0. The Morgan fingerprint density at radius 1 is 0.432 bits per heavy atom. The first kappa shape index (κ1) is 37.8. The lowest BCUT2D eigenvalue weighted by Crippen LogP contribution is -2.11. The second kappa shape index (κ2) is 25.9. The maximum Gasteiger partial charge on any atom is 0.338 e. The van der Waals surface area contributed by atoms with E-state index in [4.69, 9.17) is 9.47 Å². The molecule has 44 heavy (non-hydrogen) atoms. The van der Waals surface area contributed by atoms with Gasteiger partial charge in [-0.1, -0.05) is 179 Å². The van der Waals surface area contributed by atoms with Gasteiger partial charge in [0, 0.05) is 5.39 Å². The third-order valence-corrected chi connectivity index (χ3v) is 8.81. The first-order valence-electron chi connectivity index (χ1n) is 18.5. The summed E-state index contributed by atoms with van der Waals surface area (Å²) < 4.78 is 11.3. The number of esters is 2. The predicted molar refractivity (Wildman–Crippen MR) is 187 cm³/mol. The highest BCUT2D eigenvalue weighted by Gasteiger charge is 2.19. The molecule has 0 atom stereocenters. The molecule has 0 unspecified atom stereocenters. The molecule has 0 aromatic heterocycles. The largest absolute Gasteiger partial charge is 0.462 e. The molecule has 2 aromatic carbocycles. The van der Waals surface area contributed by atoms with Gasteiger partial charge < -0.3 is 9.47 Å². The molecular weight excluding hydrogens is 544 g/mol. The lowest BCUT2D eigenvalue weighted by molar-refractivity contribution is 0.0498. The van der Waals surface area contributed by atoms with E-state index in [0.717, 1.165) is 31.1 Å². The number of fused-ring (bicyclic) bond motifs is 1. The Morgan fingerprint density at radius 3 is 1.05 bits per heavy atom. The lowest BCUT2D eigenvalue weighted by Gasteiger charge is -2.12. The van der Waals surface area contributed by atoms with Crippen LogP contribution in [0.5, 0.6) is 0 Å². The highest BCUT2D eigenvalue weighted by atomic mass is 16.5. The van der Waals surface area contributed by atoms with E-state index in [1.54, 1.807) is 12.1 Å². The molecule has 0 heterocycles. The number of hydrogen-bond acceptors (Lipinski definition) is 4. The van der Waals surface area contributed by atoms with Crippen molar-refractivity contribution in [2.45, 2.75) is 168 Å². The molecule has 4 heteroatoms. The fourth-order valence-corrected chi connectivity index (χ4v) is 6.05. The topological polar surface area (TPSA) is 52.6 Å². The Balaban J connectivity index is 1.64. The first-order chi connectivity index (χ1) is 21.7. The van der Waals surface area contributed by atoms with Crippen molar-refractivity contribution in [1.29, 1.82) is 0 Å². The molecule has 248 valence electrons. The number of benzene rings is 2. The molecule has 0 saturated carbocycles. The highest BCUT2D eigenvalue weighted by molar-refractivity contribution is 6.13. The normalized spacial score (nSPS) is 11.2. The van der Waals surface area contributed by atoms with Crippen molar-refractivity contribution in [2.24, 2.45) is 0 Å². The average Bonchev–Trinajstić information content (AvgIpc) is 3.04. The molecule has 0 aliphatic rings. The zero-order valence-corrected chi connectivity index (χ0v) is 28.5. The third-order valence-electron chi connectivity index (χ3n) is 8.81. The summed E-state index contributed by atoms with van der Waals surface area (Å²) in [6.45, 7) is 5.35. The van der Waals surface area contributed by atoms with E-state index in [-0.39, 0.29) is 11.9 Å². The minimum Gasteiger partial charge on any atom is -0.462 e. The van der Waals surface area contributed by atoms with Crippen LogP contribution in [0.3, 0.4) is 0 Å². The maximum atomic E-state index is 13.1. The lowest BCUT2D eigenvalue weighted by atomic mass is 9.99. The Hall–Kier alpha value is -2.36. The van der Waals surface area contributed by atoms with E-state index in [1.165, 1.54) is 128 Å². The quantitative estimate of drug-likeness (QED) is 0.0712. The van der Waals surface area contributed by atoms with Crippen LogP contribution in [0.4, 0.5) is 0 Å². The summed E-state index contributed by atoms with van der Waals surface area (Å²) in [6.07, 6.45) is 30.5. The summed E-state index contributed by atoms with van der Waals surface area (Å²) in [5.74, 6) is -0.723. The third kappa shape index (κ3) is 16.6. The smallest absolute Gasteiger partial charge is 0.338 e. The predicted octanol–water partition coefficient (Wildman–Crippen LogP) is 12.6. The van der Waals surface area contributed by atoms with Gasteiger partial charge in [0.2, 0.25) is 0 Å². The van der Waals surface area contributed by atoms with Crippen LogP contribution in [0.1, 0.15) is 189 Å². The molecule has 0 amide bonds. The van der Waals surface area contributed by atoms with Crippen LogP contribution in [-0.4, -0.2) is 25.2 Å². The SMILES string of the molecule is CCCCCCCCCCCCCCCCOC(=O)c1cccc2cccc(C(=O)OCCCCCCCCCCCC)c12. The van der Waals surface area contributed by atoms with Crippen molar-refractivity contribution in [1.82, 2.24) is 0 Å². The minimum atomic E-state index is -0.362. The van der Waals surface area contributed by atoms with E-state index in [1.807, 2.05) is 24.3 Å². The van der Waals surface area contributed by atoms with Gasteiger partial charge in [0.15, 0.2) is 0 Å². The molecule has 0 radical (unpaired) electrons. The van der Waals surface area contributed by atoms with Crippen molar-refractivity contribution >= 4 is 22.7 Å². The summed E-state index contributed by atoms with van der Waals surface area (Å²) in [7, 11) is 0. The summed E-state index contributed by atoms with van der Waals surface area (Å²) in [4.78, 5) is 26.1. The van der Waals surface area contributed by atoms with Crippen LogP contribution in [0.15, 0.2) is 36.4 Å². The van der Waals surface area contributed by atoms with Crippen molar-refractivity contribution in [3.8, 4) is 0 Å². The van der Waals surface area contributed by atoms with Crippen molar-refractivity contribution < 1.29 is 19.1 Å². The number of carbonyl (C=O) groups is 2.